The van der Waals surface area contributed by atoms with Gasteiger partial charge in [0.15, 0.2) is 5.78 Å². The summed E-state index contributed by atoms with van der Waals surface area (Å²) in [5, 5.41) is 4.26. The zero-order valence-electron chi connectivity index (χ0n) is 12.8. The van der Waals surface area contributed by atoms with E-state index in [2.05, 4.69) is 24.0 Å². The fraction of sp³-hybridized carbons (Fsp3) is 0.136. The molecule has 0 fully saturated rings. The molecule has 3 aromatic rings. The maximum absolute atomic E-state index is 12.8. The molecule has 0 bridgehead atoms. The van der Waals surface area contributed by atoms with E-state index in [9.17, 15) is 4.79 Å². The lowest BCUT2D eigenvalue weighted by atomic mass is 9.91. The van der Waals surface area contributed by atoms with Crippen molar-refractivity contribution in [3.8, 4) is 24.7 Å². The van der Waals surface area contributed by atoms with Gasteiger partial charge in [-0.3, -0.25) is 4.79 Å². The van der Waals surface area contributed by atoms with Crippen molar-refractivity contribution in [2.75, 3.05) is 0 Å². The summed E-state index contributed by atoms with van der Waals surface area (Å²) in [6.45, 7) is 0. The highest BCUT2D eigenvalue weighted by atomic mass is 16.1. The third-order valence-electron chi connectivity index (χ3n) is 4.10. The van der Waals surface area contributed by atoms with Crippen LogP contribution in [0.15, 0.2) is 54.6 Å². The van der Waals surface area contributed by atoms with E-state index < -0.39 is 0 Å². The lowest BCUT2D eigenvalue weighted by Gasteiger charge is -2.11. The van der Waals surface area contributed by atoms with Gasteiger partial charge in [0.25, 0.3) is 0 Å². The topological polar surface area (TPSA) is 17.1 Å². The minimum absolute atomic E-state index is 0.0464. The highest BCUT2D eigenvalue weighted by Crippen LogP contribution is 2.30. The monoisotopic (exact) mass is 296 g/mol. The number of Topliss-reactive ketones (excluding diaryl/α,β-unsaturated/α-hetero) is 1. The molecule has 0 N–H and O–H groups in total. The molecule has 0 saturated carbocycles. The SMILES string of the molecule is C#CCC(C#C)CC(=O)c1cc2ccccc2c2ccccc12. The molecule has 3 aromatic carbocycles. The molecule has 1 heteroatoms. The Morgan fingerprint density at radius 2 is 1.61 bits per heavy atom. The molecular weight excluding hydrogens is 280 g/mol. The van der Waals surface area contributed by atoms with Gasteiger partial charge in [-0.2, -0.15) is 0 Å². The zero-order chi connectivity index (χ0) is 16.2. The third-order valence-corrected chi connectivity index (χ3v) is 4.10. The first-order valence-corrected chi connectivity index (χ1v) is 7.58. The maximum atomic E-state index is 12.8. The number of ketones is 1. The van der Waals surface area contributed by atoms with Crippen LogP contribution in [0.4, 0.5) is 0 Å². The van der Waals surface area contributed by atoms with Crippen molar-refractivity contribution in [2.24, 2.45) is 5.92 Å². The first-order valence-electron chi connectivity index (χ1n) is 7.58. The summed E-state index contributed by atoms with van der Waals surface area (Å²) < 4.78 is 0. The molecule has 23 heavy (non-hydrogen) atoms. The van der Waals surface area contributed by atoms with E-state index in [1.54, 1.807) is 0 Å². The van der Waals surface area contributed by atoms with Gasteiger partial charge < -0.3 is 0 Å². The fourth-order valence-electron chi connectivity index (χ4n) is 2.95. The molecule has 1 nitrogen and oxygen atoms in total. The minimum Gasteiger partial charge on any atom is -0.294 e. The van der Waals surface area contributed by atoms with Crippen molar-refractivity contribution in [3.63, 3.8) is 0 Å². The summed E-state index contributed by atoms with van der Waals surface area (Å²) >= 11 is 0. The van der Waals surface area contributed by atoms with Gasteiger partial charge in [-0.15, -0.1) is 24.7 Å². The summed E-state index contributed by atoms with van der Waals surface area (Å²) in [7, 11) is 0. The molecule has 0 heterocycles. The standard InChI is InChI=1S/C22H16O/c1-3-9-16(4-2)14-22(23)21-15-17-10-5-6-11-18(17)19-12-7-8-13-20(19)21/h1-2,5-8,10-13,15-16H,9,14H2. The van der Waals surface area contributed by atoms with Crippen LogP contribution in [-0.4, -0.2) is 5.78 Å². The molecule has 110 valence electrons. The lowest BCUT2D eigenvalue weighted by Crippen LogP contribution is -2.07. The van der Waals surface area contributed by atoms with Gasteiger partial charge in [0.05, 0.1) is 0 Å². The van der Waals surface area contributed by atoms with E-state index in [1.807, 2.05) is 42.5 Å². The van der Waals surface area contributed by atoms with Crippen LogP contribution < -0.4 is 0 Å². The minimum atomic E-state index is -0.210. The van der Waals surface area contributed by atoms with E-state index in [4.69, 9.17) is 12.8 Å². The second kappa shape index (κ2) is 6.39. The third kappa shape index (κ3) is 2.83. The molecule has 0 aliphatic carbocycles. The Balaban J connectivity index is 2.14. The predicted octanol–water partition coefficient (Wildman–Crippen LogP) is 4.84. The summed E-state index contributed by atoms with van der Waals surface area (Å²) in [6.07, 6.45) is 11.5. The summed E-state index contributed by atoms with van der Waals surface area (Å²) in [5.41, 5.74) is 0.719. The molecule has 3 rings (SSSR count). The van der Waals surface area contributed by atoms with Crippen LogP contribution >= 0.6 is 0 Å². The zero-order valence-corrected chi connectivity index (χ0v) is 12.8. The van der Waals surface area contributed by atoms with Gasteiger partial charge in [-0.05, 0) is 27.6 Å². The van der Waals surface area contributed by atoms with Crippen molar-refractivity contribution < 1.29 is 4.79 Å². The Bertz CT molecular complexity index is 967. The Labute approximate surface area is 136 Å². The molecule has 0 radical (unpaired) electrons. The van der Waals surface area contributed by atoms with Crippen LogP contribution in [0.1, 0.15) is 23.2 Å². The van der Waals surface area contributed by atoms with Crippen LogP contribution in [0.2, 0.25) is 0 Å². The quantitative estimate of drug-likeness (QED) is 0.382. The summed E-state index contributed by atoms with van der Waals surface area (Å²) in [6, 6.07) is 18.0. The molecule has 0 amide bonds. The number of terminal acetylenes is 2. The molecule has 1 unspecified atom stereocenters. The Hall–Kier alpha value is -3.03. The smallest absolute Gasteiger partial charge is 0.164 e. The number of hydrogen-bond acceptors (Lipinski definition) is 1. The maximum Gasteiger partial charge on any atom is 0.164 e. The van der Waals surface area contributed by atoms with E-state index in [1.165, 1.54) is 0 Å². The van der Waals surface area contributed by atoms with Crippen LogP contribution in [0.25, 0.3) is 21.5 Å². The van der Waals surface area contributed by atoms with Crippen LogP contribution in [-0.2, 0) is 0 Å². The van der Waals surface area contributed by atoms with Crippen molar-refractivity contribution in [2.45, 2.75) is 12.8 Å². The first kappa shape index (κ1) is 14.9. The predicted molar refractivity (Wildman–Crippen MR) is 96.2 cm³/mol. The molecule has 0 aliphatic rings. The first-order chi connectivity index (χ1) is 11.2. The van der Waals surface area contributed by atoms with Gasteiger partial charge in [-0.1, -0.05) is 48.5 Å². The van der Waals surface area contributed by atoms with E-state index >= 15 is 0 Å². The van der Waals surface area contributed by atoms with E-state index in [0.717, 1.165) is 27.1 Å². The molecule has 0 saturated heterocycles. The number of fused-ring (bicyclic) bond motifs is 3. The molecule has 1 atom stereocenters. The normalized spacial score (nSPS) is 11.7. The molecule has 0 spiro atoms. The number of hydrogen-bond donors (Lipinski definition) is 0. The van der Waals surface area contributed by atoms with Crippen molar-refractivity contribution in [1.29, 1.82) is 0 Å². The van der Waals surface area contributed by atoms with Gasteiger partial charge >= 0.3 is 0 Å². The van der Waals surface area contributed by atoms with Gasteiger partial charge in [0.2, 0.25) is 0 Å². The lowest BCUT2D eigenvalue weighted by molar-refractivity contribution is 0.0973. The average molecular weight is 296 g/mol. The Kier molecular flexibility index (Phi) is 4.13. The second-order valence-corrected chi connectivity index (χ2v) is 5.59. The fourth-order valence-corrected chi connectivity index (χ4v) is 2.95. The number of rotatable bonds is 4. The molecule has 0 aromatic heterocycles. The number of benzene rings is 3. The van der Waals surface area contributed by atoms with Crippen molar-refractivity contribution in [1.82, 2.24) is 0 Å². The number of carbonyl (C=O) groups is 1. The molecular formula is C22H16O. The molecule has 0 aliphatic heterocycles. The summed E-state index contributed by atoms with van der Waals surface area (Å²) in [4.78, 5) is 12.8. The van der Waals surface area contributed by atoms with Crippen LogP contribution in [0.3, 0.4) is 0 Å². The average Bonchev–Trinajstić information content (AvgIpc) is 2.60. The van der Waals surface area contributed by atoms with E-state index in [-0.39, 0.29) is 18.1 Å². The summed E-state index contributed by atoms with van der Waals surface area (Å²) in [5.74, 6) is 5.01. The highest BCUT2D eigenvalue weighted by molar-refractivity contribution is 6.17. The van der Waals surface area contributed by atoms with Gasteiger partial charge in [0, 0.05) is 24.3 Å². The Morgan fingerprint density at radius 3 is 2.30 bits per heavy atom. The largest absolute Gasteiger partial charge is 0.294 e. The van der Waals surface area contributed by atoms with E-state index in [0.29, 0.717) is 6.42 Å². The van der Waals surface area contributed by atoms with Gasteiger partial charge in [-0.25, -0.2) is 0 Å². The van der Waals surface area contributed by atoms with Gasteiger partial charge in [0.1, 0.15) is 0 Å². The Morgan fingerprint density at radius 1 is 0.957 bits per heavy atom. The number of carbonyl (C=O) groups excluding carboxylic acids is 1. The van der Waals surface area contributed by atoms with Crippen molar-refractivity contribution >= 4 is 27.3 Å². The second-order valence-electron chi connectivity index (χ2n) is 5.59. The van der Waals surface area contributed by atoms with Crippen molar-refractivity contribution in [3.05, 3.63) is 60.2 Å². The van der Waals surface area contributed by atoms with Crippen LogP contribution in [0, 0.1) is 30.6 Å². The van der Waals surface area contributed by atoms with Crippen LogP contribution in [0.5, 0.6) is 0 Å². The highest BCUT2D eigenvalue weighted by Gasteiger charge is 2.16.